The molecule has 0 aromatic carbocycles. The van der Waals surface area contributed by atoms with Gasteiger partial charge in [0.15, 0.2) is 0 Å². The Kier molecular flexibility index (Phi) is 5.59. The largest absolute Gasteiger partial charge is 0.481 e. The molecule has 0 spiro atoms. The van der Waals surface area contributed by atoms with Gasteiger partial charge in [-0.3, -0.25) is 9.59 Å². The van der Waals surface area contributed by atoms with Crippen LogP contribution < -0.4 is 11.1 Å². The third kappa shape index (κ3) is 4.29. The second-order valence-electron chi connectivity index (χ2n) is 5.39. The van der Waals surface area contributed by atoms with Crippen molar-refractivity contribution in [3.63, 3.8) is 0 Å². The minimum absolute atomic E-state index is 0.00476. The second-order valence-corrected chi connectivity index (χ2v) is 5.39. The third-order valence-corrected chi connectivity index (χ3v) is 3.81. The monoisotopic (exact) mass is 256 g/mol. The molecule has 1 rings (SSSR count). The van der Waals surface area contributed by atoms with Gasteiger partial charge in [0.2, 0.25) is 5.91 Å². The van der Waals surface area contributed by atoms with Crippen LogP contribution in [-0.2, 0) is 9.59 Å². The number of hydrogen-bond donors (Lipinski definition) is 3. The first-order valence-corrected chi connectivity index (χ1v) is 6.72. The summed E-state index contributed by atoms with van der Waals surface area (Å²) in [5, 5.41) is 11.6. The highest BCUT2D eigenvalue weighted by molar-refractivity contribution is 5.78. The smallest absolute Gasteiger partial charge is 0.305 e. The summed E-state index contributed by atoms with van der Waals surface area (Å²) in [7, 11) is 0. The molecule has 1 atom stereocenters. The number of carboxylic acid groups (broad SMARTS) is 1. The van der Waals surface area contributed by atoms with E-state index in [0.29, 0.717) is 19.4 Å². The fourth-order valence-corrected chi connectivity index (χ4v) is 2.53. The molecule has 18 heavy (non-hydrogen) atoms. The quantitative estimate of drug-likeness (QED) is 0.609. The van der Waals surface area contributed by atoms with E-state index < -0.39 is 5.97 Å². The van der Waals surface area contributed by atoms with Crippen LogP contribution in [-0.4, -0.2) is 29.6 Å². The van der Waals surface area contributed by atoms with Crippen LogP contribution in [0, 0.1) is 5.41 Å². The van der Waals surface area contributed by atoms with Gasteiger partial charge in [0.05, 0.1) is 6.42 Å². The maximum absolute atomic E-state index is 11.9. The normalized spacial score (nSPS) is 18.8. The Morgan fingerprint density at radius 2 is 2.11 bits per heavy atom. The summed E-state index contributed by atoms with van der Waals surface area (Å²) < 4.78 is 0. The Morgan fingerprint density at radius 1 is 1.44 bits per heavy atom. The predicted molar refractivity (Wildman–Crippen MR) is 69.0 cm³/mol. The highest BCUT2D eigenvalue weighted by Gasteiger charge is 2.37. The summed E-state index contributed by atoms with van der Waals surface area (Å²) in [5.74, 6) is -0.925. The highest BCUT2D eigenvalue weighted by Crippen LogP contribution is 2.42. The van der Waals surface area contributed by atoms with Gasteiger partial charge in [-0.25, -0.2) is 0 Å². The van der Waals surface area contributed by atoms with Crippen LogP contribution in [0.4, 0.5) is 0 Å². The van der Waals surface area contributed by atoms with Crippen LogP contribution in [0.2, 0.25) is 0 Å². The molecular weight excluding hydrogens is 232 g/mol. The number of hydrogen-bond acceptors (Lipinski definition) is 3. The number of aliphatic carboxylic acids is 1. The van der Waals surface area contributed by atoms with Crippen molar-refractivity contribution >= 4 is 11.9 Å². The van der Waals surface area contributed by atoms with E-state index in [2.05, 4.69) is 5.32 Å². The molecule has 1 fully saturated rings. The van der Waals surface area contributed by atoms with E-state index in [9.17, 15) is 9.59 Å². The Labute approximate surface area is 108 Å². The van der Waals surface area contributed by atoms with Crippen LogP contribution in [0.1, 0.15) is 51.9 Å². The molecule has 104 valence electrons. The zero-order valence-corrected chi connectivity index (χ0v) is 11.1. The average molecular weight is 256 g/mol. The van der Waals surface area contributed by atoms with Crippen LogP contribution in [0.25, 0.3) is 0 Å². The molecular formula is C13H24N2O3. The van der Waals surface area contributed by atoms with E-state index in [0.717, 1.165) is 25.7 Å². The number of rotatable bonds is 8. The number of carbonyl (C=O) groups is 2. The first kappa shape index (κ1) is 15.0. The van der Waals surface area contributed by atoms with E-state index in [4.69, 9.17) is 10.8 Å². The average Bonchev–Trinajstić information content (AvgIpc) is 2.23. The van der Waals surface area contributed by atoms with E-state index in [1.54, 1.807) is 0 Å². The predicted octanol–water partition coefficient (Wildman–Crippen LogP) is 1.27. The first-order chi connectivity index (χ1) is 8.51. The van der Waals surface area contributed by atoms with E-state index in [-0.39, 0.29) is 23.8 Å². The topological polar surface area (TPSA) is 92.4 Å². The lowest BCUT2D eigenvalue weighted by Crippen LogP contribution is -2.44. The molecule has 1 amide bonds. The number of amides is 1. The first-order valence-electron chi connectivity index (χ1n) is 6.72. The summed E-state index contributed by atoms with van der Waals surface area (Å²) in [6.07, 6.45) is 5.15. The molecule has 0 heterocycles. The summed E-state index contributed by atoms with van der Waals surface area (Å²) in [6, 6.07) is -0.255. The fraction of sp³-hybridized carbons (Fsp3) is 0.846. The van der Waals surface area contributed by atoms with Crippen molar-refractivity contribution in [1.82, 2.24) is 5.32 Å². The third-order valence-electron chi connectivity index (χ3n) is 3.81. The van der Waals surface area contributed by atoms with Gasteiger partial charge in [0.1, 0.15) is 0 Å². The number of nitrogens with one attached hydrogen (secondary N) is 1. The van der Waals surface area contributed by atoms with Crippen molar-refractivity contribution in [2.75, 3.05) is 6.54 Å². The second kappa shape index (κ2) is 6.73. The highest BCUT2D eigenvalue weighted by atomic mass is 16.4. The molecule has 1 unspecified atom stereocenters. The molecule has 1 saturated carbocycles. The lowest BCUT2D eigenvalue weighted by Gasteiger charge is -2.40. The molecule has 1 aliphatic carbocycles. The van der Waals surface area contributed by atoms with Gasteiger partial charge in [0.25, 0.3) is 0 Å². The van der Waals surface area contributed by atoms with Gasteiger partial charge in [-0.15, -0.1) is 0 Å². The SMILES string of the molecule is CCCC(CC(=O)O)NC(=O)CC1(CN)CCC1. The summed E-state index contributed by atoms with van der Waals surface area (Å²) in [6.45, 7) is 2.52. The molecule has 1 aliphatic rings. The van der Waals surface area contributed by atoms with Gasteiger partial charge in [-0.1, -0.05) is 19.8 Å². The minimum Gasteiger partial charge on any atom is -0.481 e. The van der Waals surface area contributed by atoms with Crippen molar-refractivity contribution in [1.29, 1.82) is 0 Å². The Balaban J connectivity index is 2.42. The number of carbonyl (C=O) groups excluding carboxylic acids is 1. The van der Waals surface area contributed by atoms with Crippen molar-refractivity contribution in [2.24, 2.45) is 11.1 Å². The van der Waals surface area contributed by atoms with Crippen LogP contribution in [0.15, 0.2) is 0 Å². The molecule has 0 bridgehead atoms. The van der Waals surface area contributed by atoms with Crippen molar-refractivity contribution < 1.29 is 14.7 Å². The standard InChI is InChI=1S/C13H24N2O3/c1-2-4-10(7-12(17)18)15-11(16)8-13(9-14)5-3-6-13/h10H,2-9,14H2,1H3,(H,15,16)(H,17,18). The summed E-state index contributed by atoms with van der Waals surface area (Å²) >= 11 is 0. The minimum atomic E-state index is -0.870. The van der Waals surface area contributed by atoms with Crippen molar-refractivity contribution in [2.45, 2.75) is 57.9 Å². The maximum Gasteiger partial charge on any atom is 0.305 e. The Morgan fingerprint density at radius 3 is 2.50 bits per heavy atom. The van der Waals surface area contributed by atoms with Crippen LogP contribution in [0.5, 0.6) is 0 Å². The fourth-order valence-electron chi connectivity index (χ4n) is 2.53. The summed E-state index contributed by atoms with van der Waals surface area (Å²) in [5.41, 5.74) is 5.69. The Bertz CT molecular complexity index is 295. The van der Waals surface area contributed by atoms with E-state index in [1.807, 2.05) is 6.92 Å². The van der Waals surface area contributed by atoms with Crippen molar-refractivity contribution in [3.05, 3.63) is 0 Å². The molecule has 0 aromatic heterocycles. The number of carboxylic acids is 1. The molecule has 0 aliphatic heterocycles. The van der Waals surface area contributed by atoms with E-state index >= 15 is 0 Å². The van der Waals surface area contributed by atoms with Crippen molar-refractivity contribution in [3.8, 4) is 0 Å². The van der Waals surface area contributed by atoms with Crippen LogP contribution >= 0.6 is 0 Å². The molecule has 5 heteroatoms. The maximum atomic E-state index is 11.9. The Hall–Kier alpha value is -1.10. The summed E-state index contributed by atoms with van der Waals surface area (Å²) in [4.78, 5) is 22.6. The molecule has 4 N–H and O–H groups in total. The van der Waals surface area contributed by atoms with Crippen LogP contribution in [0.3, 0.4) is 0 Å². The van der Waals surface area contributed by atoms with E-state index in [1.165, 1.54) is 0 Å². The van der Waals surface area contributed by atoms with Gasteiger partial charge in [-0.05, 0) is 31.2 Å². The molecule has 5 nitrogen and oxygen atoms in total. The van der Waals surface area contributed by atoms with Gasteiger partial charge < -0.3 is 16.2 Å². The number of nitrogens with two attached hydrogens (primary N) is 1. The lowest BCUT2D eigenvalue weighted by molar-refractivity contribution is -0.137. The van der Waals surface area contributed by atoms with Gasteiger partial charge in [0, 0.05) is 12.5 Å². The molecule has 0 saturated heterocycles. The zero-order valence-electron chi connectivity index (χ0n) is 11.1. The lowest BCUT2D eigenvalue weighted by atomic mass is 9.66. The molecule has 0 aromatic rings. The van der Waals surface area contributed by atoms with Gasteiger partial charge >= 0.3 is 5.97 Å². The molecule has 0 radical (unpaired) electrons. The zero-order chi connectivity index (χ0) is 13.6. The van der Waals surface area contributed by atoms with Gasteiger partial charge in [-0.2, -0.15) is 0 Å².